The molecule has 10 heteroatoms. The first kappa shape index (κ1) is 21.8. The number of anilines is 2. The van der Waals surface area contributed by atoms with E-state index in [0.29, 0.717) is 33.7 Å². The van der Waals surface area contributed by atoms with E-state index in [0.717, 1.165) is 31.1 Å². The summed E-state index contributed by atoms with van der Waals surface area (Å²) in [6.07, 6.45) is 2.23. The number of carbonyl (C=O) groups is 1. The van der Waals surface area contributed by atoms with Crippen LogP contribution >= 0.6 is 23.1 Å². The van der Waals surface area contributed by atoms with Crippen molar-refractivity contribution in [3.05, 3.63) is 40.4 Å². The number of aromatic nitrogens is 3. The smallest absolute Gasteiger partial charge is 0.273 e. The van der Waals surface area contributed by atoms with E-state index in [1.54, 1.807) is 10.6 Å². The molecule has 1 fully saturated rings. The van der Waals surface area contributed by atoms with Gasteiger partial charge in [0.2, 0.25) is 5.91 Å². The van der Waals surface area contributed by atoms with E-state index >= 15 is 0 Å². The molecule has 3 aromatic rings. The third kappa shape index (κ3) is 4.90. The minimum Gasteiger partial charge on any atom is -0.348 e. The van der Waals surface area contributed by atoms with Gasteiger partial charge in [-0.05, 0) is 43.9 Å². The van der Waals surface area contributed by atoms with Gasteiger partial charge in [0.15, 0.2) is 15.9 Å². The highest BCUT2D eigenvalue weighted by Gasteiger charge is 2.22. The zero-order valence-electron chi connectivity index (χ0n) is 17.4. The molecule has 1 aliphatic heterocycles. The number of thiazole rings is 1. The Hall–Kier alpha value is -2.46. The number of carbonyl (C=O) groups excluding carboxylic acids is 1. The number of thioether (sulfide) groups is 1. The number of amides is 1. The number of hydrogen-bond donors (Lipinski definition) is 1. The second-order valence-corrected chi connectivity index (χ2v) is 9.53. The van der Waals surface area contributed by atoms with Gasteiger partial charge in [-0.15, -0.1) is 0 Å². The van der Waals surface area contributed by atoms with Gasteiger partial charge < -0.3 is 10.2 Å². The molecule has 4 rings (SSSR count). The molecule has 3 heterocycles. The van der Waals surface area contributed by atoms with Crippen LogP contribution in [0.15, 0.2) is 34.2 Å². The number of fused-ring (bicyclic) bond motifs is 1. The highest BCUT2D eigenvalue weighted by molar-refractivity contribution is 7.99. The van der Waals surface area contributed by atoms with Crippen molar-refractivity contribution in [3.63, 3.8) is 0 Å². The van der Waals surface area contributed by atoms with Crippen molar-refractivity contribution in [2.45, 2.75) is 38.4 Å². The lowest BCUT2D eigenvalue weighted by atomic mass is 10.00. The first-order chi connectivity index (χ1) is 14.9. The Morgan fingerprint density at radius 1 is 1.32 bits per heavy atom. The molecular formula is C21H24FN5O2S2. The molecule has 2 aromatic heterocycles. The van der Waals surface area contributed by atoms with Gasteiger partial charge >= 0.3 is 0 Å². The van der Waals surface area contributed by atoms with Crippen LogP contribution in [0.4, 0.5) is 15.2 Å². The quantitative estimate of drug-likeness (QED) is 0.442. The number of rotatable bonds is 6. The zero-order chi connectivity index (χ0) is 22.0. The van der Waals surface area contributed by atoms with Crippen LogP contribution in [-0.4, -0.2) is 39.3 Å². The van der Waals surface area contributed by atoms with Gasteiger partial charge in [-0.2, -0.15) is 4.98 Å². The summed E-state index contributed by atoms with van der Waals surface area (Å²) in [4.78, 5) is 36.8. The second-order valence-electron chi connectivity index (χ2n) is 7.61. The lowest BCUT2D eigenvalue weighted by Gasteiger charge is -2.29. The fourth-order valence-corrected chi connectivity index (χ4v) is 5.35. The van der Waals surface area contributed by atoms with E-state index in [-0.39, 0.29) is 17.2 Å². The van der Waals surface area contributed by atoms with Crippen LogP contribution in [0.5, 0.6) is 0 Å². The Balaban J connectivity index is 1.53. The number of halogens is 1. The van der Waals surface area contributed by atoms with Crippen LogP contribution in [0, 0.1) is 11.7 Å². The van der Waals surface area contributed by atoms with Gasteiger partial charge in [-0.3, -0.25) is 14.2 Å². The molecule has 0 saturated carbocycles. The second kappa shape index (κ2) is 9.35. The first-order valence-corrected chi connectivity index (χ1v) is 12.1. The van der Waals surface area contributed by atoms with Crippen molar-refractivity contribution in [2.75, 3.05) is 29.1 Å². The van der Waals surface area contributed by atoms with Crippen LogP contribution in [-0.2, 0) is 11.3 Å². The fourth-order valence-electron chi connectivity index (χ4n) is 3.49. The summed E-state index contributed by atoms with van der Waals surface area (Å²) in [7, 11) is 0. The minimum absolute atomic E-state index is 0.0511. The van der Waals surface area contributed by atoms with Gasteiger partial charge in [-0.1, -0.05) is 36.1 Å². The molecule has 0 aliphatic carbocycles. The SMILES string of the molecule is CCn1c(SCC(=O)Nc2cccc(F)c2)nc2nc(N3CCC(C)CC3)sc2c1=O. The fraction of sp³-hybridized carbons (Fsp3) is 0.429. The normalized spacial score (nSPS) is 14.9. The Labute approximate surface area is 187 Å². The molecule has 31 heavy (non-hydrogen) atoms. The summed E-state index contributed by atoms with van der Waals surface area (Å²) in [6, 6.07) is 5.73. The van der Waals surface area contributed by atoms with E-state index in [1.807, 2.05) is 6.92 Å². The molecule has 1 N–H and O–H groups in total. The predicted molar refractivity (Wildman–Crippen MR) is 124 cm³/mol. The van der Waals surface area contributed by atoms with Crippen LogP contribution < -0.4 is 15.8 Å². The number of benzene rings is 1. The maximum absolute atomic E-state index is 13.3. The average molecular weight is 462 g/mol. The number of nitrogens with one attached hydrogen (secondary N) is 1. The summed E-state index contributed by atoms with van der Waals surface area (Å²) in [5.41, 5.74) is 0.693. The van der Waals surface area contributed by atoms with Crippen molar-refractivity contribution in [3.8, 4) is 0 Å². The van der Waals surface area contributed by atoms with Crippen molar-refractivity contribution < 1.29 is 9.18 Å². The summed E-state index contributed by atoms with van der Waals surface area (Å²) in [6.45, 7) is 6.45. The maximum atomic E-state index is 13.3. The van der Waals surface area contributed by atoms with Crippen molar-refractivity contribution >= 4 is 50.2 Å². The molecule has 0 spiro atoms. The van der Waals surface area contributed by atoms with Crippen LogP contribution in [0.1, 0.15) is 26.7 Å². The van der Waals surface area contributed by atoms with E-state index in [1.165, 1.54) is 41.3 Å². The lowest BCUT2D eigenvalue weighted by molar-refractivity contribution is -0.113. The van der Waals surface area contributed by atoms with E-state index in [2.05, 4.69) is 27.1 Å². The standard InChI is InChI=1S/C21H24FN5O2S2/c1-3-27-19(29)17-18(24-20(31-17)26-9-7-13(2)8-10-26)25-21(27)30-12-16(28)23-15-6-4-5-14(22)11-15/h4-6,11,13H,3,7-10,12H2,1-2H3,(H,23,28). The molecule has 0 radical (unpaired) electrons. The average Bonchev–Trinajstić information content (AvgIpc) is 3.17. The molecule has 1 saturated heterocycles. The predicted octanol–water partition coefficient (Wildman–Crippen LogP) is 3.98. The Morgan fingerprint density at radius 2 is 2.10 bits per heavy atom. The van der Waals surface area contributed by atoms with Gasteiger partial charge in [-0.25, -0.2) is 9.37 Å². The van der Waals surface area contributed by atoms with Gasteiger partial charge in [0, 0.05) is 25.3 Å². The monoisotopic (exact) mass is 461 g/mol. The molecule has 0 unspecified atom stereocenters. The van der Waals surface area contributed by atoms with Crippen LogP contribution in [0.25, 0.3) is 10.3 Å². The van der Waals surface area contributed by atoms with Gasteiger partial charge in [0.25, 0.3) is 5.56 Å². The molecule has 0 bridgehead atoms. The largest absolute Gasteiger partial charge is 0.348 e. The molecule has 164 valence electrons. The number of hydrogen-bond acceptors (Lipinski definition) is 7. The number of nitrogens with zero attached hydrogens (tertiary/aromatic N) is 4. The zero-order valence-corrected chi connectivity index (χ0v) is 19.1. The summed E-state index contributed by atoms with van der Waals surface area (Å²) in [5, 5.41) is 3.95. The van der Waals surface area contributed by atoms with Crippen molar-refractivity contribution in [2.24, 2.45) is 5.92 Å². The summed E-state index contributed by atoms with van der Waals surface area (Å²) < 4.78 is 15.4. The van der Waals surface area contributed by atoms with E-state index in [4.69, 9.17) is 0 Å². The Bertz CT molecular complexity index is 1150. The lowest BCUT2D eigenvalue weighted by Crippen LogP contribution is -2.32. The summed E-state index contributed by atoms with van der Waals surface area (Å²) in [5.74, 6) is 0.0478. The van der Waals surface area contributed by atoms with Gasteiger partial charge in [0.1, 0.15) is 10.5 Å². The highest BCUT2D eigenvalue weighted by Crippen LogP contribution is 2.30. The third-order valence-electron chi connectivity index (χ3n) is 5.28. The Kier molecular flexibility index (Phi) is 6.57. The molecule has 0 atom stereocenters. The topological polar surface area (TPSA) is 80.1 Å². The number of piperidine rings is 1. The van der Waals surface area contributed by atoms with Crippen molar-refractivity contribution in [1.29, 1.82) is 0 Å². The van der Waals surface area contributed by atoms with Gasteiger partial charge in [0.05, 0.1) is 5.75 Å². The van der Waals surface area contributed by atoms with Crippen LogP contribution in [0.2, 0.25) is 0 Å². The highest BCUT2D eigenvalue weighted by atomic mass is 32.2. The molecule has 1 aromatic carbocycles. The minimum atomic E-state index is -0.417. The van der Waals surface area contributed by atoms with Crippen molar-refractivity contribution in [1.82, 2.24) is 14.5 Å². The van der Waals surface area contributed by atoms with E-state index < -0.39 is 5.82 Å². The van der Waals surface area contributed by atoms with Crippen LogP contribution in [0.3, 0.4) is 0 Å². The molecule has 1 amide bonds. The summed E-state index contributed by atoms with van der Waals surface area (Å²) >= 11 is 2.57. The third-order valence-corrected chi connectivity index (χ3v) is 7.35. The Morgan fingerprint density at radius 3 is 2.81 bits per heavy atom. The first-order valence-electron chi connectivity index (χ1n) is 10.3. The maximum Gasteiger partial charge on any atom is 0.273 e. The molecular weight excluding hydrogens is 437 g/mol. The molecule has 7 nitrogen and oxygen atoms in total. The molecule has 1 aliphatic rings. The van der Waals surface area contributed by atoms with E-state index in [9.17, 15) is 14.0 Å².